The van der Waals surface area contributed by atoms with E-state index in [9.17, 15) is 18.0 Å². The Labute approximate surface area is 147 Å². The molecule has 25 heavy (non-hydrogen) atoms. The van der Waals surface area contributed by atoms with Gasteiger partial charge in [0.25, 0.3) is 0 Å². The predicted molar refractivity (Wildman–Crippen MR) is 86.6 cm³/mol. The molecule has 1 fully saturated rings. The van der Waals surface area contributed by atoms with Crippen molar-refractivity contribution in [2.45, 2.75) is 12.6 Å². The maximum atomic E-state index is 12.9. The molecule has 0 unspecified atom stereocenters. The molecular formula is C18H14ClF3O3. The van der Waals surface area contributed by atoms with E-state index < -0.39 is 17.7 Å². The number of carboxylic acid groups (broad SMARTS) is 1. The van der Waals surface area contributed by atoms with Gasteiger partial charge in [-0.25, -0.2) is 0 Å². The van der Waals surface area contributed by atoms with Crippen molar-refractivity contribution in [3.05, 3.63) is 53.1 Å². The molecule has 0 aromatic heterocycles. The van der Waals surface area contributed by atoms with Crippen LogP contribution < -0.4 is 4.74 Å². The average Bonchev–Trinajstić information content (AvgIpc) is 3.32. The van der Waals surface area contributed by atoms with Gasteiger partial charge in [0.15, 0.2) is 0 Å². The monoisotopic (exact) mass is 370 g/mol. The van der Waals surface area contributed by atoms with Gasteiger partial charge in [0.1, 0.15) is 5.75 Å². The summed E-state index contributed by atoms with van der Waals surface area (Å²) < 4.78 is 44.2. The SMILES string of the molecule is O=C(O)[C@@H]1C[C@H]1COc1ccc(-c2cc(Cl)cc(C(F)(F)F)c2)cc1. The van der Waals surface area contributed by atoms with Crippen LogP contribution in [0.3, 0.4) is 0 Å². The van der Waals surface area contributed by atoms with Crippen molar-refractivity contribution in [3.8, 4) is 16.9 Å². The van der Waals surface area contributed by atoms with Gasteiger partial charge in [-0.15, -0.1) is 0 Å². The van der Waals surface area contributed by atoms with Crippen LogP contribution in [0.25, 0.3) is 11.1 Å². The molecule has 0 saturated heterocycles. The number of aliphatic carboxylic acids is 1. The van der Waals surface area contributed by atoms with E-state index in [1.165, 1.54) is 6.07 Å². The van der Waals surface area contributed by atoms with Crippen molar-refractivity contribution in [3.63, 3.8) is 0 Å². The molecule has 0 amide bonds. The van der Waals surface area contributed by atoms with E-state index in [-0.39, 0.29) is 16.9 Å². The minimum atomic E-state index is -4.46. The molecule has 0 aliphatic heterocycles. The minimum Gasteiger partial charge on any atom is -0.493 e. The molecule has 0 spiro atoms. The number of benzene rings is 2. The first-order chi connectivity index (χ1) is 11.7. The van der Waals surface area contributed by atoms with Gasteiger partial charge in [0.05, 0.1) is 18.1 Å². The highest BCUT2D eigenvalue weighted by Crippen LogP contribution is 2.39. The molecule has 1 aliphatic carbocycles. The number of halogens is 4. The average molecular weight is 371 g/mol. The van der Waals surface area contributed by atoms with E-state index in [0.717, 1.165) is 12.1 Å². The van der Waals surface area contributed by atoms with Crippen LogP contribution in [0, 0.1) is 11.8 Å². The predicted octanol–water partition coefficient (Wildman–Crippen LogP) is 5.13. The van der Waals surface area contributed by atoms with Crippen LogP contribution in [0.2, 0.25) is 5.02 Å². The summed E-state index contributed by atoms with van der Waals surface area (Å²) in [4.78, 5) is 10.8. The van der Waals surface area contributed by atoms with Crippen LogP contribution in [0.1, 0.15) is 12.0 Å². The van der Waals surface area contributed by atoms with Crippen molar-refractivity contribution < 1.29 is 27.8 Å². The van der Waals surface area contributed by atoms with Crippen LogP contribution >= 0.6 is 11.6 Å². The Bertz CT molecular complexity index is 787. The van der Waals surface area contributed by atoms with Gasteiger partial charge in [-0.3, -0.25) is 4.79 Å². The summed E-state index contributed by atoms with van der Waals surface area (Å²) in [6.45, 7) is 0.311. The number of carbonyl (C=O) groups is 1. The molecule has 0 heterocycles. The Balaban J connectivity index is 1.70. The van der Waals surface area contributed by atoms with Gasteiger partial charge in [0, 0.05) is 10.9 Å². The number of hydrogen-bond acceptors (Lipinski definition) is 2. The van der Waals surface area contributed by atoms with Crippen LogP contribution in [0.15, 0.2) is 42.5 Å². The molecule has 0 radical (unpaired) electrons. The second-order valence-corrected chi connectivity index (χ2v) is 6.44. The highest BCUT2D eigenvalue weighted by molar-refractivity contribution is 6.31. The summed E-state index contributed by atoms with van der Waals surface area (Å²) >= 11 is 5.80. The largest absolute Gasteiger partial charge is 0.493 e. The third-order valence-corrected chi connectivity index (χ3v) is 4.33. The smallest absolute Gasteiger partial charge is 0.416 e. The normalized spacial score (nSPS) is 19.5. The van der Waals surface area contributed by atoms with Gasteiger partial charge in [0.2, 0.25) is 0 Å². The van der Waals surface area contributed by atoms with E-state index in [1.54, 1.807) is 24.3 Å². The zero-order valence-corrected chi connectivity index (χ0v) is 13.6. The zero-order chi connectivity index (χ0) is 18.2. The Morgan fingerprint density at radius 3 is 2.40 bits per heavy atom. The van der Waals surface area contributed by atoms with E-state index in [4.69, 9.17) is 21.4 Å². The quantitative estimate of drug-likeness (QED) is 0.794. The van der Waals surface area contributed by atoms with Gasteiger partial charge in [-0.2, -0.15) is 13.2 Å². The minimum absolute atomic E-state index is 0.0126. The molecule has 2 aromatic rings. The molecule has 1 N–H and O–H groups in total. The molecule has 1 saturated carbocycles. The maximum absolute atomic E-state index is 12.9. The maximum Gasteiger partial charge on any atom is 0.416 e. The molecule has 2 atom stereocenters. The summed E-state index contributed by atoms with van der Waals surface area (Å²) in [6, 6.07) is 9.96. The first-order valence-electron chi connectivity index (χ1n) is 7.58. The van der Waals surface area contributed by atoms with Crippen molar-refractivity contribution in [2.24, 2.45) is 11.8 Å². The van der Waals surface area contributed by atoms with Crippen LogP contribution in [0.5, 0.6) is 5.75 Å². The summed E-state index contributed by atoms with van der Waals surface area (Å²) in [5, 5.41) is 8.85. The number of hydrogen-bond donors (Lipinski definition) is 1. The molecule has 7 heteroatoms. The number of ether oxygens (including phenoxy) is 1. The lowest BCUT2D eigenvalue weighted by molar-refractivity contribution is -0.139. The Morgan fingerprint density at radius 2 is 1.84 bits per heavy atom. The van der Waals surface area contributed by atoms with Gasteiger partial charge >= 0.3 is 12.1 Å². The number of rotatable bonds is 5. The van der Waals surface area contributed by atoms with E-state index >= 15 is 0 Å². The summed E-state index contributed by atoms with van der Waals surface area (Å²) in [5.74, 6) is -0.603. The van der Waals surface area contributed by atoms with Crippen LogP contribution in [0.4, 0.5) is 13.2 Å². The van der Waals surface area contributed by atoms with Crippen molar-refractivity contribution in [1.29, 1.82) is 0 Å². The summed E-state index contributed by atoms with van der Waals surface area (Å²) in [5.41, 5.74) is 0.137. The fraction of sp³-hybridized carbons (Fsp3) is 0.278. The molecule has 0 bridgehead atoms. The molecular weight excluding hydrogens is 357 g/mol. The summed E-state index contributed by atoms with van der Waals surface area (Å²) in [7, 11) is 0. The lowest BCUT2D eigenvalue weighted by atomic mass is 10.0. The Morgan fingerprint density at radius 1 is 1.16 bits per heavy atom. The van der Waals surface area contributed by atoms with E-state index in [2.05, 4.69) is 0 Å². The first-order valence-corrected chi connectivity index (χ1v) is 7.95. The van der Waals surface area contributed by atoms with Gasteiger partial charge < -0.3 is 9.84 Å². The van der Waals surface area contributed by atoms with Crippen molar-refractivity contribution in [1.82, 2.24) is 0 Å². The van der Waals surface area contributed by atoms with Gasteiger partial charge in [-0.1, -0.05) is 23.7 Å². The standard InChI is InChI=1S/C18H14ClF3O3/c19-14-6-11(5-13(8-14)18(20,21)22)10-1-3-15(4-2-10)25-9-12-7-16(12)17(23)24/h1-6,8,12,16H,7,9H2,(H,23,24)/t12-,16+/m0/s1. The highest BCUT2D eigenvalue weighted by atomic mass is 35.5. The van der Waals surface area contributed by atoms with Crippen LogP contribution in [-0.2, 0) is 11.0 Å². The Kier molecular flexibility index (Phi) is 4.64. The molecule has 2 aromatic carbocycles. The molecule has 132 valence electrons. The fourth-order valence-corrected chi connectivity index (χ4v) is 2.84. The second kappa shape index (κ2) is 6.59. The zero-order valence-electron chi connectivity index (χ0n) is 12.9. The highest BCUT2D eigenvalue weighted by Gasteiger charge is 2.43. The first kappa shape index (κ1) is 17.6. The number of alkyl halides is 3. The van der Waals surface area contributed by atoms with E-state index in [0.29, 0.717) is 29.9 Å². The fourth-order valence-electron chi connectivity index (χ4n) is 2.60. The second-order valence-electron chi connectivity index (χ2n) is 6.00. The lowest BCUT2D eigenvalue weighted by Crippen LogP contribution is -2.06. The van der Waals surface area contributed by atoms with E-state index in [1.807, 2.05) is 0 Å². The molecule has 3 nitrogen and oxygen atoms in total. The molecule has 1 aliphatic rings. The Hall–Kier alpha value is -2.21. The summed E-state index contributed by atoms with van der Waals surface area (Å²) in [6.07, 6.45) is -3.86. The third kappa shape index (κ3) is 4.25. The lowest BCUT2D eigenvalue weighted by Gasteiger charge is -2.11. The van der Waals surface area contributed by atoms with Gasteiger partial charge in [-0.05, 0) is 47.9 Å². The third-order valence-electron chi connectivity index (χ3n) is 4.12. The van der Waals surface area contributed by atoms with Crippen LogP contribution in [-0.4, -0.2) is 17.7 Å². The van der Waals surface area contributed by atoms with Crippen molar-refractivity contribution in [2.75, 3.05) is 6.61 Å². The molecule has 3 rings (SSSR count). The van der Waals surface area contributed by atoms with Crippen molar-refractivity contribution >= 4 is 17.6 Å². The topological polar surface area (TPSA) is 46.5 Å². The number of carboxylic acids is 1.